The fourth-order valence-electron chi connectivity index (χ4n) is 1.59. The summed E-state index contributed by atoms with van der Waals surface area (Å²) in [4.78, 5) is 0.938. The van der Waals surface area contributed by atoms with Gasteiger partial charge in [0.05, 0.1) is 6.61 Å². The maximum atomic E-state index is 11.9. The number of thiophene rings is 1. The van der Waals surface area contributed by atoms with Gasteiger partial charge in [0.25, 0.3) is 0 Å². The van der Waals surface area contributed by atoms with Crippen LogP contribution in [-0.4, -0.2) is 38.9 Å². The predicted octanol–water partition coefficient (Wildman–Crippen LogP) is 0.486. The molecule has 0 aliphatic carbocycles. The second-order valence-electron chi connectivity index (χ2n) is 4.22. The van der Waals surface area contributed by atoms with E-state index in [2.05, 4.69) is 4.72 Å². The van der Waals surface area contributed by atoms with E-state index in [1.807, 2.05) is 6.92 Å². The summed E-state index contributed by atoms with van der Waals surface area (Å²) >= 11 is 1.21. The number of sulfonamides is 1. The number of hydrogen-bond acceptors (Lipinski definition) is 5. The van der Waals surface area contributed by atoms with Crippen LogP contribution in [0, 0.1) is 6.92 Å². The third kappa shape index (κ3) is 3.05. The molecule has 0 radical (unpaired) electrons. The van der Waals surface area contributed by atoms with Crippen LogP contribution in [0.25, 0.3) is 0 Å². The van der Waals surface area contributed by atoms with Gasteiger partial charge in [-0.2, -0.15) is 0 Å². The van der Waals surface area contributed by atoms with E-state index < -0.39 is 15.6 Å². The normalized spacial score (nSPS) is 25.3. The lowest BCUT2D eigenvalue weighted by molar-refractivity contribution is 0.0315. The van der Waals surface area contributed by atoms with E-state index in [1.165, 1.54) is 11.3 Å². The molecule has 1 aliphatic heterocycles. The molecule has 1 fully saturated rings. The number of nitrogens with one attached hydrogen (secondary N) is 1. The summed E-state index contributed by atoms with van der Waals surface area (Å²) in [6.07, 6.45) is 0.457. The van der Waals surface area contributed by atoms with Crippen LogP contribution in [0.5, 0.6) is 0 Å². The van der Waals surface area contributed by atoms with Gasteiger partial charge in [-0.1, -0.05) is 0 Å². The van der Waals surface area contributed by atoms with Crippen molar-refractivity contribution in [1.82, 2.24) is 4.72 Å². The molecule has 1 aliphatic rings. The fourth-order valence-corrected chi connectivity index (χ4v) is 4.04. The van der Waals surface area contributed by atoms with Crippen LogP contribution in [-0.2, 0) is 14.8 Å². The molecule has 0 aromatic carbocycles. The first-order valence-electron chi connectivity index (χ1n) is 5.28. The molecule has 17 heavy (non-hydrogen) atoms. The highest BCUT2D eigenvalue weighted by atomic mass is 32.2. The lowest BCUT2D eigenvalue weighted by Gasteiger charge is -2.20. The minimum absolute atomic E-state index is 0.00766. The Kier molecular flexibility index (Phi) is 3.55. The van der Waals surface area contributed by atoms with Crippen LogP contribution < -0.4 is 4.72 Å². The molecule has 0 amide bonds. The van der Waals surface area contributed by atoms with E-state index in [-0.39, 0.29) is 17.4 Å². The van der Waals surface area contributed by atoms with Crippen molar-refractivity contribution in [3.8, 4) is 0 Å². The van der Waals surface area contributed by atoms with Crippen molar-refractivity contribution >= 4 is 21.4 Å². The maximum absolute atomic E-state index is 11.9. The zero-order chi connectivity index (χ0) is 12.5. The van der Waals surface area contributed by atoms with E-state index in [9.17, 15) is 13.5 Å². The van der Waals surface area contributed by atoms with E-state index in [1.54, 1.807) is 12.1 Å². The molecule has 7 heteroatoms. The molecular formula is C10H15NO4S2. The Morgan fingerprint density at radius 2 is 2.35 bits per heavy atom. The topological polar surface area (TPSA) is 75.6 Å². The molecule has 1 aromatic heterocycles. The van der Waals surface area contributed by atoms with Crippen LogP contribution in [0.15, 0.2) is 16.3 Å². The molecule has 1 atom stereocenters. The van der Waals surface area contributed by atoms with Crippen LogP contribution in [0.3, 0.4) is 0 Å². The highest BCUT2D eigenvalue weighted by Crippen LogP contribution is 2.22. The van der Waals surface area contributed by atoms with Crippen molar-refractivity contribution < 1.29 is 18.3 Å². The number of aliphatic hydroxyl groups is 1. The molecule has 2 heterocycles. The summed E-state index contributed by atoms with van der Waals surface area (Å²) in [6.45, 7) is 2.49. The summed E-state index contributed by atoms with van der Waals surface area (Å²) < 4.78 is 31.5. The minimum Gasteiger partial charge on any atom is -0.386 e. The fraction of sp³-hybridized carbons (Fsp3) is 0.600. The van der Waals surface area contributed by atoms with Crippen molar-refractivity contribution in [2.45, 2.75) is 23.2 Å². The summed E-state index contributed by atoms with van der Waals surface area (Å²) in [5, 5.41) is 9.96. The first kappa shape index (κ1) is 13.0. The lowest BCUT2D eigenvalue weighted by Crippen LogP contribution is -2.43. The Morgan fingerprint density at radius 1 is 1.59 bits per heavy atom. The van der Waals surface area contributed by atoms with E-state index >= 15 is 0 Å². The molecule has 2 N–H and O–H groups in total. The second kappa shape index (κ2) is 4.66. The highest BCUT2D eigenvalue weighted by Gasteiger charge is 2.33. The summed E-state index contributed by atoms with van der Waals surface area (Å²) in [5.74, 6) is 0. The second-order valence-corrected chi connectivity index (χ2v) is 7.50. The Balaban J connectivity index is 2.03. The van der Waals surface area contributed by atoms with E-state index in [0.717, 1.165) is 4.88 Å². The monoisotopic (exact) mass is 277 g/mol. The van der Waals surface area contributed by atoms with Crippen molar-refractivity contribution in [3.63, 3.8) is 0 Å². The summed E-state index contributed by atoms with van der Waals surface area (Å²) in [6, 6.07) is 3.32. The van der Waals surface area contributed by atoms with Gasteiger partial charge in [-0.25, -0.2) is 13.1 Å². The molecular weight excluding hydrogens is 262 g/mol. The average Bonchev–Trinajstić information content (AvgIpc) is 2.86. The number of rotatable bonds is 4. The third-order valence-electron chi connectivity index (χ3n) is 2.65. The predicted molar refractivity (Wildman–Crippen MR) is 64.6 cm³/mol. The Labute approximate surface area is 104 Å². The lowest BCUT2D eigenvalue weighted by atomic mass is 10.1. The van der Waals surface area contributed by atoms with Gasteiger partial charge < -0.3 is 9.84 Å². The van der Waals surface area contributed by atoms with E-state index in [0.29, 0.717) is 13.0 Å². The largest absolute Gasteiger partial charge is 0.386 e. The van der Waals surface area contributed by atoms with Crippen molar-refractivity contribution in [2.75, 3.05) is 19.8 Å². The van der Waals surface area contributed by atoms with Crippen LogP contribution in [0.2, 0.25) is 0 Å². The molecule has 96 valence electrons. The first-order valence-corrected chi connectivity index (χ1v) is 7.58. The molecule has 1 unspecified atom stereocenters. The van der Waals surface area contributed by atoms with Gasteiger partial charge in [0.15, 0.2) is 0 Å². The standard InChI is InChI=1S/C10H15NO4S2/c1-8-2-3-9(16-8)17(13,14)11-6-10(12)4-5-15-7-10/h2-3,11-12H,4-7H2,1H3. The van der Waals surface area contributed by atoms with Gasteiger partial charge in [-0.05, 0) is 19.1 Å². The van der Waals surface area contributed by atoms with Gasteiger partial charge in [0, 0.05) is 24.4 Å². The molecule has 1 saturated heterocycles. The van der Waals surface area contributed by atoms with Gasteiger partial charge >= 0.3 is 0 Å². The Morgan fingerprint density at radius 3 is 2.88 bits per heavy atom. The SMILES string of the molecule is Cc1ccc(S(=O)(=O)NCC2(O)CCOC2)s1. The number of aryl methyl sites for hydroxylation is 1. The molecule has 0 saturated carbocycles. The molecule has 2 rings (SSSR count). The van der Waals surface area contributed by atoms with Gasteiger partial charge in [0.2, 0.25) is 10.0 Å². The smallest absolute Gasteiger partial charge is 0.250 e. The average molecular weight is 277 g/mol. The van der Waals surface area contributed by atoms with Crippen LogP contribution >= 0.6 is 11.3 Å². The minimum atomic E-state index is -3.51. The Bertz CT molecular complexity index is 488. The third-order valence-corrected chi connectivity index (χ3v) is 5.55. The van der Waals surface area contributed by atoms with Gasteiger partial charge in [0.1, 0.15) is 9.81 Å². The number of hydrogen-bond donors (Lipinski definition) is 2. The first-order chi connectivity index (χ1) is 7.91. The van der Waals surface area contributed by atoms with Gasteiger partial charge in [-0.3, -0.25) is 0 Å². The van der Waals surface area contributed by atoms with Crippen molar-refractivity contribution in [2.24, 2.45) is 0 Å². The molecule has 1 aromatic rings. The maximum Gasteiger partial charge on any atom is 0.250 e. The zero-order valence-electron chi connectivity index (χ0n) is 9.47. The van der Waals surface area contributed by atoms with Crippen molar-refractivity contribution in [3.05, 3.63) is 17.0 Å². The van der Waals surface area contributed by atoms with Crippen LogP contribution in [0.4, 0.5) is 0 Å². The molecule has 5 nitrogen and oxygen atoms in total. The highest BCUT2D eigenvalue weighted by molar-refractivity contribution is 7.91. The summed E-state index contributed by atoms with van der Waals surface area (Å²) in [7, 11) is -3.51. The number of ether oxygens (including phenoxy) is 1. The molecule has 0 spiro atoms. The van der Waals surface area contributed by atoms with Crippen molar-refractivity contribution in [1.29, 1.82) is 0 Å². The zero-order valence-corrected chi connectivity index (χ0v) is 11.1. The molecule has 0 bridgehead atoms. The van der Waals surface area contributed by atoms with E-state index in [4.69, 9.17) is 4.74 Å². The quantitative estimate of drug-likeness (QED) is 0.839. The van der Waals surface area contributed by atoms with Gasteiger partial charge in [-0.15, -0.1) is 11.3 Å². The Hall–Kier alpha value is -0.470. The van der Waals surface area contributed by atoms with Crippen LogP contribution in [0.1, 0.15) is 11.3 Å². The summed E-state index contributed by atoms with van der Waals surface area (Å²) in [5.41, 5.74) is -1.07.